The fourth-order valence-electron chi connectivity index (χ4n) is 1.56. The fourth-order valence-corrected chi connectivity index (χ4v) is 1.56. The number of para-hydroxylation sites is 1. The Morgan fingerprint density at radius 1 is 1.23 bits per heavy atom. The van der Waals surface area contributed by atoms with Gasteiger partial charge in [0.1, 0.15) is 6.61 Å². The largest absolute Gasteiger partial charge is 0.382 e. The minimum atomic E-state index is -0.329. The first kappa shape index (κ1) is 20.3. The third-order valence-electron chi connectivity index (χ3n) is 2.54. The molecule has 0 atom stereocenters. The minimum Gasteiger partial charge on any atom is -0.382 e. The van der Waals surface area contributed by atoms with E-state index in [2.05, 4.69) is 10.6 Å². The van der Waals surface area contributed by atoms with Crippen molar-refractivity contribution < 1.29 is 19.1 Å². The zero-order valence-corrected chi connectivity index (χ0v) is 13.3. The van der Waals surface area contributed by atoms with Gasteiger partial charge in [-0.15, -0.1) is 12.4 Å². The van der Waals surface area contributed by atoms with Gasteiger partial charge in [-0.1, -0.05) is 12.1 Å². The first-order valence-corrected chi connectivity index (χ1v) is 6.63. The molecule has 22 heavy (non-hydrogen) atoms. The van der Waals surface area contributed by atoms with Crippen molar-refractivity contribution in [2.45, 2.75) is 0 Å². The Kier molecular flexibility index (Phi) is 11.0. The average Bonchev–Trinajstić information content (AvgIpc) is 2.50. The van der Waals surface area contributed by atoms with Crippen molar-refractivity contribution in [1.82, 2.24) is 5.32 Å². The van der Waals surface area contributed by atoms with Crippen molar-refractivity contribution in [3.8, 4) is 0 Å². The molecule has 0 heterocycles. The number of rotatable bonds is 9. The summed E-state index contributed by atoms with van der Waals surface area (Å²) < 4.78 is 9.93. The second-order valence-corrected chi connectivity index (χ2v) is 4.18. The summed E-state index contributed by atoms with van der Waals surface area (Å²) in [5.74, 6) is -0.609. The van der Waals surface area contributed by atoms with Gasteiger partial charge in [0, 0.05) is 20.2 Å². The Morgan fingerprint density at radius 2 is 1.95 bits per heavy atom. The molecule has 0 aliphatic rings. The molecule has 0 bridgehead atoms. The highest BCUT2D eigenvalue weighted by Gasteiger charge is 2.12. The van der Waals surface area contributed by atoms with Crippen LogP contribution >= 0.6 is 12.4 Å². The Balaban J connectivity index is 0.00000441. The summed E-state index contributed by atoms with van der Waals surface area (Å²) in [7, 11) is 1.56. The van der Waals surface area contributed by atoms with Crippen LogP contribution in [0.3, 0.4) is 0 Å². The van der Waals surface area contributed by atoms with Crippen LogP contribution in [0.4, 0.5) is 5.69 Å². The summed E-state index contributed by atoms with van der Waals surface area (Å²) in [5, 5.41) is 5.31. The SMILES string of the molecule is COCCOCC(=O)Nc1ccccc1C(=O)NCCN.Cl. The highest BCUT2D eigenvalue weighted by Crippen LogP contribution is 2.14. The normalized spacial score (nSPS) is 9.73. The van der Waals surface area contributed by atoms with Gasteiger partial charge in [0.15, 0.2) is 0 Å². The summed E-state index contributed by atoms with van der Waals surface area (Å²) in [4.78, 5) is 23.7. The summed E-state index contributed by atoms with van der Waals surface area (Å²) in [5.41, 5.74) is 6.16. The maximum Gasteiger partial charge on any atom is 0.253 e. The third-order valence-corrected chi connectivity index (χ3v) is 2.54. The maximum absolute atomic E-state index is 11.9. The second kappa shape index (κ2) is 11.9. The lowest BCUT2D eigenvalue weighted by molar-refractivity contribution is -0.121. The molecule has 0 fully saturated rings. The van der Waals surface area contributed by atoms with E-state index in [1.54, 1.807) is 31.4 Å². The van der Waals surface area contributed by atoms with E-state index in [9.17, 15) is 9.59 Å². The van der Waals surface area contributed by atoms with E-state index < -0.39 is 0 Å². The standard InChI is InChI=1S/C14H21N3O4.ClH/c1-20-8-9-21-10-13(18)17-12-5-3-2-4-11(12)14(19)16-7-6-15;/h2-5H,6-10,15H2,1H3,(H,16,19)(H,17,18);1H. The van der Waals surface area contributed by atoms with Gasteiger partial charge in [0.2, 0.25) is 5.91 Å². The minimum absolute atomic E-state index is 0. The van der Waals surface area contributed by atoms with E-state index in [4.69, 9.17) is 15.2 Å². The van der Waals surface area contributed by atoms with Gasteiger partial charge in [-0.05, 0) is 12.1 Å². The van der Waals surface area contributed by atoms with Gasteiger partial charge >= 0.3 is 0 Å². The zero-order chi connectivity index (χ0) is 15.5. The number of anilines is 1. The van der Waals surface area contributed by atoms with Gasteiger partial charge in [0.05, 0.1) is 24.5 Å². The van der Waals surface area contributed by atoms with E-state index in [0.717, 1.165) is 0 Å². The fraction of sp³-hybridized carbons (Fsp3) is 0.429. The molecule has 2 amide bonds. The van der Waals surface area contributed by atoms with Crippen LogP contribution in [-0.4, -0.2) is 51.8 Å². The maximum atomic E-state index is 11.9. The van der Waals surface area contributed by atoms with E-state index in [0.29, 0.717) is 37.6 Å². The third kappa shape index (κ3) is 7.37. The first-order valence-electron chi connectivity index (χ1n) is 6.63. The number of carbonyl (C=O) groups is 2. The van der Waals surface area contributed by atoms with Crippen molar-refractivity contribution in [2.24, 2.45) is 5.73 Å². The van der Waals surface area contributed by atoms with Crippen LogP contribution in [0.1, 0.15) is 10.4 Å². The van der Waals surface area contributed by atoms with Crippen molar-refractivity contribution >= 4 is 29.9 Å². The number of amides is 2. The predicted octanol–water partition coefficient (Wildman–Crippen LogP) is 0.398. The summed E-state index contributed by atoms with van der Waals surface area (Å²) in [6, 6.07) is 6.75. The Bertz CT molecular complexity index is 471. The molecular weight excluding hydrogens is 310 g/mol. The number of carbonyl (C=O) groups excluding carboxylic acids is 2. The molecule has 0 spiro atoms. The lowest BCUT2D eigenvalue weighted by Gasteiger charge is -2.11. The van der Waals surface area contributed by atoms with E-state index in [-0.39, 0.29) is 30.8 Å². The molecule has 0 aromatic heterocycles. The smallest absolute Gasteiger partial charge is 0.253 e. The molecule has 0 unspecified atom stereocenters. The predicted molar refractivity (Wildman–Crippen MR) is 86.4 cm³/mol. The number of ether oxygens (including phenoxy) is 2. The van der Waals surface area contributed by atoms with Crippen molar-refractivity contribution in [1.29, 1.82) is 0 Å². The number of benzene rings is 1. The second-order valence-electron chi connectivity index (χ2n) is 4.18. The lowest BCUT2D eigenvalue weighted by Crippen LogP contribution is -2.30. The van der Waals surface area contributed by atoms with Gasteiger partial charge in [0.25, 0.3) is 5.91 Å². The van der Waals surface area contributed by atoms with Gasteiger partial charge in [-0.2, -0.15) is 0 Å². The summed E-state index contributed by atoms with van der Waals surface area (Å²) >= 11 is 0. The molecule has 7 nitrogen and oxygen atoms in total. The van der Waals surface area contributed by atoms with Crippen molar-refractivity contribution in [3.63, 3.8) is 0 Å². The molecular formula is C14H22ClN3O4. The molecule has 1 rings (SSSR count). The lowest BCUT2D eigenvalue weighted by atomic mass is 10.1. The molecule has 8 heteroatoms. The number of hydrogen-bond donors (Lipinski definition) is 3. The van der Waals surface area contributed by atoms with Gasteiger partial charge in [-0.25, -0.2) is 0 Å². The van der Waals surface area contributed by atoms with Gasteiger partial charge < -0.3 is 25.8 Å². The molecule has 1 aromatic carbocycles. The quantitative estimate of drug-likeness (QED) is 0.568. The number of methoxy groups -OCH3 is 1. The monoisotopic (exact) mass is 331 g/mol. The molecule has 1 aromatic rings. The van der Waals surface area contributed by atoms with Crippen LogP contribution in [0.15, 0.2) is 24.3 Å². The van der Waals surface area contributed by atoms with E-state index in [1.165, 1.54) is 0 Å². The summed E-state index contributed by atoms with van der Waals surface area (Å²) in [6.45, 7) is 1.39. The average molecular weight is 332 g/mol. The molecule has 124 valence electrons. The van der Waals surface area contributed by atoms with Crippen LogP contribution in [0, 0.1) is 0 Å². The summed E-state index contributed by atoms with van der Waals surface area (Å²) in [6.07, 6.45) is 0. The van der Waals surface area contributed by atoms with Crippen LogP contribution in [0.25, 0.3) is 0 Å². The Labute approximate surface area is 135 Å². The van der Waals surface area contributed by atoms with E-state index in [1.807, 2.05) is 0 Å². The zero-order valence-electron chi connectivity index (χ0n) is 12.5. The first-order chi connectivity index (χ1) is 10.2. The number of hydrogen-bond acceptors (Lipinski definition) is 5. The van der Waals surface area contributed by atoms with Gasteiger partial charge in [-0.3, -0.25) is 9.59 Å². The van der Waals surface area contributed by atoms with Crippen LogP contribution in [-0.2, 0) is 14.3 Å². The molecule has 0 saturated carbocycles. The molecule has 4 N–H and O–H groups in total. The number of halogens is 1. The Hall–Kier alpha value is -1.67. The van der Waals surface area contributed by atoms with Crippen LogP contribution < -0.4 is 16.4 Å². The molecule has 0 aliphatic carbocycles. The van der Waals surface area contributed by atoms with Crippen LogP contribution in [0.5, 0.6) is 0 Å². The Morgan fingerprint density at radius 3 is 2.64 bits per heavy atom. The van der Waals surface area contributed by atoms with E-state index >= 15 is 0 Å². The van der Waals surface area contributed by atoms with Crippen molar-refractivity contribution in [2.75, 3.05) is 45.3 Å². The van der Waals surface area contributed by atoms with Crippen molar-refractivity contribution in [3.05, 3.63) is 29.8 Å². The van der Waals surface area contributed by atoms with Crippen LogP contribution in [0.2, 0.25) is 0 Å². The number of nitrogens with two attached hydrogens (primary N) is 1. The highest BCUT2D eigenvalue weighted by atomic mass is 35.5. The number of nitrogens with one attached hydrogen (secondary N) is 2. The topological polar surface area (TPSA) is 103 Å². The molecule has 0 radical (unpaired) electrons. The molecule has 0 saturated heterocycles. The highest BCUT2D eigenvalue weighted by molar-refractivity contribution is 6.03. The molecule has 0 aliphatic heterocycles.